The van der Waals surface area contributed by atoms with Crippen molar-refractivity contribution in [1.82, 2.24) is 9.88 Å². The van der Waals surface area contributed by atoms with Crippen LogP contribution in [-0.4, -0.2) is 29.9 Å². The normalized spacial score (nSPS) is 11.0. The molecule has 0 saturated heterocycles. The Bertz CT molecular complexity index is 964. The molecule has 5 heteroatoms. The summed E-state index contributed by atoms with van der Waals surface area (Å²) in [5.41, 5.74) is 2.42. The van der Waals surface area contributed by atoms with E-state index in [1.54, 1.807) is 31.5 Å². The third-order valence-corrected chi connectivity index (χ3v) is 4.08. The lowest BCUT2D eigenvalue weighted by atomic mass is 10.1. The maximum Gasteiger partial charge on any atom is 0.246 e. The molecule has 132 valence electrons. The monoisotopic (exact) mass is 350 g/mol. The minimum atomic E-state index is -0.441. The molecule has 1 aromatic heterocycles. The van der Waals surface area contributed by atoms with Crippen LogP contribution in [0, 0.1) is 5.82 Å². The topological polar surface area (TPSA) is 42.4 Å². The number of hydrogen-bond acceptors (Lipinski definition) is 3. The summed E-state index contributed by atoms with van der Waals surface area (Å²) in [7, 11) is 3.09. The molecule has 0 radical (unpaired) electrons. The minimum absolute atomic E-state index is 0.172. The molecule has 0 unspecified atom stereocenters. The summed E-state index contributed by atoms with van der Waals surface area (Å²) < 4.78 is 18.7. The van der Waals surface area contributed by atoms with E-state index < -0.39 is 5.82 Å². The third-order valence-electron chi connectivity index (χ3n) is 4.08. The van der Waals surface area contributed by atoms with E-state index in [0.717, 1.165) is 16.5 Å². The van der Waals surface area contributed by atoms with E-state index in [2.05, 4.69) is 4.98 Å². The van der Waals surface area contributed by atoms with E-state index >= 15 is 0 Å². The lowest BCUT2D eigenvalue weighted by Crippen LogP contribution is -2.24. The number of ether oxygens (including phenoxy) is 1. The van der Waals surface area contributed by atoms with Gasteiger partial charge in [-0.2, -0.15) is 0 Å². The summed E-state index contributed by atoms with van der Waals surface area (Å²) in [6, 6.07) is 14.3. The van der Waals surface area contributed by atoms with E-state index in [1.807, 2.05) is 30.3 Å². The van der Waals surface area contributed by atoms with Crippen LogP contribution >= 0.6 is 0 Å². The van der Waals surface area contributed by atoms with Crippen LogP contribution in [0.2, 0.25) is 0 Å². The fraction of sp³-hybridized carbons (Fsp3) is 0.143. The van der Waals surface area contributed by atoms with Crippen LogP contribution in [0.3, 0.4) is 0 Å². The number of fused-ring (bicyclic) bond motifs is 1. The molecular weight excluding hydrogens is 331 g/mol. The van der Waals surface area contributed by atoms with Crippen LogP contribution in [0.15, 0.2) is 60.8 Å². The number of pyridine rings is 1. The highest BCUT2D eigenvalue weighted by Gasteiger charge is 2.09. The Morgan fingerprint density at radius 2 is 2.04 bits per heavy atom. The molecule has 3 rings (SSSR count). The van der Waals surface area contributed by atoms with Crippen molar-refractivity contribution in [3.05, 3.63) is 77.7 Å². The molecular formula is C21H19FN2O2. The second kappa shape index (κ2) is 7.78. The largest absolute Gasteiger partial charge is 0.494 e. The van der Waals surface area contributed by atoms with Crippen LogP contribution in [0.4, 0.5) is 4.39 Å². The van der Waals surface area contributed by atoms with Gasteiger partial charge in [-0.15, -0.1) is 0 Å². The number of amides is 1. The quantitative estimate of drug-likeness (QED) is 0.652. The predicted octanol–water partition coefficient (Wildman–Crippen LogP) is 4.05. The van der Waals surface area contributed by atoms with Gasteiger partial charge in [-0.1, -0.05) is 30.3 Å². The fourth-order valence-electron chi connectivity index (χ4n) is 2.71. The number of methoxy groups -OCH3 is 1. The average Bonchev–Trinajstić information content (AvgIpc) is 2.66. The van der Waals surface area contributed by atoms with Crippen LogP contribution in [-0.2, 0) is 11.3 Å². The van der Waals surface area contributed by atoms with Gasteiger partial charge < -0.3 is 9.64 Å². The number of hydrogen-bond donors (Lipinski definition) is 0. The molecule has 0 spiro atoms. The smallest absolute Gasteiger partial charge is 0.246 e. The second-order valence-corrected chi connectivity index (χ2v) is 5.92. The van der Waals surface area contributed by atoms with Crippen molar-refractivity contribution in [3.63, 3.8) is 0 Å². The zero-order valence-electron chi connectivity index (χ0n) is 14.6. The van der Waals surface area contributed by atoms with Crippen LogP contribution in [0.1, 0.15) is 11.1 Å². The van der Waals surface area contributed by atoms with E-state index in [1.165, 1.54) is 24.2 Å². The standard InChI is InChI=1S/C21H19FN2O2/c1-24(14-15-8-10-19(26-2)18(22)13-15)20(25)11-9-17-6-3-5-16-7-4-12-23-21(16)17/h3-13H,14H2,1-2H3/b11-9+. The van der Waals surface area contributed by atoms with E-state index in [9.17, 15) is 9.18 Å². The predicted molar refractivity (Wildman–Crippen MR) is 100 cm³/mol. The third kappa shape index (κ3) is 3.88. The van der Waals surface area contributed by atoms with Gasteiger partial charge in [0, 0.05) is 36.8 Å². The first kappa shape index (κ1) is 17.6. The number of benzene rings is 2. The minimum Gasteiger partial charge on any atom is -0.494 e. The summed E-state index contributed by atoms with van der Waals surface area (Å²) in [5.74, 6) is -0.427. The molecule has 0 aliphatic rings. The second-order valence-electron chi connectivity index (χ2n) is 5.92. The molecule has 0 N–H and O–H groups in total. The maximum absolute atomic E-state index is 13.8. The molecule has 26 heavy (non-hydrogen) atoms. The molecule has 1 amide bonds. The molecule has 0 bridgehead atoms. The number of carbonyl (C=O) groups excluding carboxylic acids is 1. The van der Waals surface area contributed by atoms with Gasteiger partial charge in [-0.25, -0.2) is 4.39 Å². The summed E-state index contributed by atoms with van der Waals surface area (Å²) >= 11 is 0. The highest BCUT2D eigenvalue weighted by molar-refractivity contribution is 5.95. The number of carbonyl (C=O) groups is 1. The SMILES string of the molecule is COc1ccc(CN(C)C(=O)/C=C/c2cccc3cccnc23)cc1F. The van der Waals surface area contributed by atoms with Crippen molar-refractivity contribution in [2.45, 2.75) is 6.54 Å². The number of nitrogens with zero attached hydrogens (tertiary/aromatic N) is 2. The first-order chi connectivity index (χ1) is 12.6. The van der Waals surface area contributed by atoms with Crippen molar-refractivity contribution in [3.8, 4) is 5.75 Å². The average molecular weight is 350 g/mol. The number of rotatable bonds is 5. The Kier molecular flexibility index (Phi) is 5.27. The summed E-state index contributed by atoms with van der Waals surface area (Å²) in [6.07, 6.45) is 4.98. The first-order valence-electron chi connectivity index (χ1n) is 8.18. The van der Waals surface area contributed by atoms with Gasteiger partial charge >= 0.3 is 0 Å². The van der Waals surface area contributed by atoms with Gasteiger partial charge in [0.1, 0.15) is 0 Å². The van der Waals surface area contributed by atoms with Crippen LogP contribution in [0.5, 0.6) is 5.75 Å². The Balaban J connectivity index is 1.72. The first-order valence-corrected chi connectivity index (χ1v) is 8.18. The van der Waals surface area contributed by atoms with Crippen molar-refractivity contribution >= 4 is 22.9 Å². The summed E-state index contributed by atoms with van der Waals surface area (Å²) in [6.45, 7) is 0.303. The molecule has 1 heterocycles. The molecule has 4 nitrogen and oxygen atoms in total. The van der Waals surface area contributed by atoms with E-state index in [-0.39, 0.29) is 11.7 Å². The van der Waals surface area contributed by atoms with Gasteiger partial charge in [-0.05, 0) is 29.8 Å². The maximum atomic E-state index is 13.8. The highest BCUT2D eigenvalue weighted by Crippen LogP contribution is 2.19. The van der Waals surface area contributed by atoms with Gasteiger partial charge in [0.05, 0.1) is 12.6 Å². The van der Waals surface area contributed by atoms with E-state index in [4.69, 9.17) is 4.74 Å². The van der Waals surface area contributed by atoms with Crippen LogP contribution < -0.4 is 4.74 Å². The van der Waals surface area contributed by atoms with Crippen LogP contribution in [0.25, 0.3) is 17.0 Å². The van der Waals surface area contributed by atoms with Crippen molar-refractivity contribution in [2.75, 3.05) is 14.2 Å². The highest BCUT2D eigenvalue weighted by atomic mass is 19.1. The molecule has 2 aromatic carbocycles. The lowest BCUT2D eigenvalue weighted by Gasteiger charge is -2.15. The Hall–Kier alpha value is -3.21. The number of halogens is 1. The van der Waals surface area contributed by atoms with Crippen molar-refractivity contribution < 1.29 is 13.9 Å². The summed E-state index contributed by atoms with van der Waals surface area (Å²) in [5, 5.41) is 1.02. The molecule has 0 aliphatic carbocycles. The van der Waals surface area contributed by atoms with Gasteiger partial charge in [-0.3, -0.25) is 9.78 Å². The molecule has 0 aliphatic heterocycles. The zero-order chi connectivity index (χ0) is 18.5. The van der Waals surface area contributed by atoms with Gasteiger partial charge in [0.15, 0.2) is 11.6 Å². The number of para-hydroxylation sites is 1. The number of aromatic nitrogens is 1. The Morgan fingerprint density at radius 3 is 2.81 bits per heavy atom. The molecule has 3 aromatic rings. The molecule has 0 fully saturated rings. The number of likely N-dealkylation sites (N-methyl/N-ethyl adjacent to an activating group) is 1. The van der Waals surface area contributed by atoms with Gasteiger partial charge in [0.25, 0.3) is 0 Å². The van der Waals surface area contributed by atoms with Crippen molar-refractivity contribution in [2.24, 2.45) is 0 Å². The molecule has 0 saturated carbocycles. The zero-order valence-corrected chi connectivity index (χ0v) is 14.6. The fourth-order valence-corrected chi connectivity index (χ4v) is 2.71. The summed E-state index contributed by atoms with van der Waals surface area (Å²) in [4.78, 5) is 18.3. The molecule has 0 atom stereocenters. The lowest BCUT2D eigenvalue weighted by molar-refractivity contribution is -0.125. The van der Waals surface area contributed by atoms with Crippen molar-refractivity contribution in [1.29, 1.82) is 0 Å². The van der Waals surface area contributed by atoms with E-state index in [0.29, 0.717) is 12.1 Å². The van der Waals surface area contributed by atoms with Gasteiger partial charge in [0.2, 0.25) is 5.91 Å². The Morgan fingerprint density at radius 1 is 1.23 bits per heavy atom. The Labute approximate surface area is 151 Å².